The van der Waals surface area contributed by atoms with Gasteiger partial charge in [0.15, 0.2) is 5.82 Å². The lowest BCUT2D eigenvalue weighted by atomic mass is 9.98. The van der Waals surface area contributed by atoms with Gasteiger partial charge >= 0.3 is 0 Å². The Hall–Kier alpha value is -3.13. The van der Waals surface area contributed by atoms with Gasteiger partial charge in [-0.05, 0) is 30.7 Å². The number of carbonyl (C=O) groups excluding carboxylic acids is 1. The molecule has 0 radical (unpaired) electrons. The summed E-state index contributed by atoms with van der Waals surface area (Å²) >= 11 is 6.18. The zero-order valence-electron chi connectivity index (χ0n) is 17.4. The Kier molecular flexibility index (Phi) is 5.23. The Morgan fingerprint density at radius 2 is 1.81 bits per heavy atom. The van der Waals surface area contributed by atoms with Crippen molar-refractivity contribution in [3.05, 3.63) is 59.6 Å². The van der Waals surface area contributed by atoms with Crippen LogP contribution in [-0.2, 0) is 4.79 Å². The van der Waals surface area contributed by atoms with Crippen LogP contribution < -0.4 is 9.80 Å². The maximum atomic E-state index is 13.0. The van der Waals surface area contributed by atoms with Crippen LogP contribution in [0.15, 0.2) is 49.1 Å². The van der Waals surface area contributed by atoms with Crippen molar-refractivity contribution in [3.63, 3.8) is 0 Å². The molecule has 2 aliphatic rings. The highest BCUT2D eigenvalue weighted by Gasteiger charge is 2.37. The first kappa shape index (κ1) is 19.8. The molecule has 1 amide bonds. The highest BCUT2D eigenvalue weighted by atomic mass is 35.5. The predicted molar refractivity (Wildman–Crippen MR) is 120 cm³/mol. The number of carbonyl (C=O) groups is 1. The summed E-state index contributed by atoms with van der Waals surface area (Å²) in [5.74, 6) is 1.80. The van der Waals surface area contributed by atoms with E-state index in [1.807, 2.05) is 41.4 Å². The van der Waals surface area contributed by atoms with Crippen LogP contribution in [0.3, 0.4) is 0 Å². The van der Waals surface area contributed by atoms with Crippen LogP contribution in [-0.4, -0.2) is 69.8 Å². The van der Waals surface area contributed by atoms with E-state index in [9.17, 15) is 4.79 Å². The molecule has 1 aromatic carbocycles. The molecule has 8 nitrogen and oxygen atoms in total. The molecule has 2 saturated heterocycles. The van der Waals surface area contributed by atoms with Crippen LogP contribution >= 0.6 is 11.6 Å². The van der Waals surface area contributed by atoms with Crippen molar-refractivity contribution in [2.75, 3.05) is 49.1 Å². The molecule has 0 atom stereocenters. The van der Waals surface area contributed by atoms with Gasteiger partial charge in [-0.25, -0.2) is 14.6 Å². The third kappa shape index (κ3) is 3.95. The van der Waals surface area contributed by atoms with Crippen LogP contribution in [0.2, 0.25) is 5.02 Å². The Morgan fingerprint density at radius 3 is 2.55 bits per heavy atom. The predicted octanol–water partition coefficient (Wildman–Crippen LogP) is 2.41. The number of nitrogens with zero attached hydrogens (tertiary/aromatic N) is 7. The monoisotopic (exact) mass is 437 g/mol. The van der Waals surface area contributed by atoms with E-state index in [4.69, 9.17) is 11.6 Å². The van der Waals surface area contributed by atoms with Gasteiger partial charge in [0, 0.05) is 68.4 Å². The fourth-order valence-corrected chi connectivity index (χ4v) is 4.38. The molecular weight excluding hydrogens is 414 g/mol. The molecule has 160 valence electrons. The van der Waals surface area contributed by atoms with Crippen molar-refractivity contribution in [1.29, 1.82) is 0 Å². The number of aromatic nitrogens is 4. The molecule has 31 heavy (non-hydrogen) atoms. The Bertz CT molecular complexity index is 1070. The molecule has 0 bridgehead atoms. The van der Waals surface area contributed by atoms with Gasteiger partial charge in [-0.1, -0.05) is 17.7 Å². The minimum Gasteiger partial charge on any atom is -0.368 e. The van der Waals surface area contributed by atoms with E-state index < -0.39 is 0 Å². The van der Waals surface area contributed by atoms with E-state index in [-0.39, 0.29) is 11.8 Å². The van der Waals surface area contributed by atoms with E-state index in [0.29, 0.717) is 13.1 Å². The molecule has 5 rings (SSSR count). The molecule has 2 aromatic heterocycles. The number of rotatable bonds is 4. The first-order valence-electron chi connectivity index (χ1n) is 10.5. The van der Waals surface area contributed by atoms with Crippen LogP contribution in [0, 0.1) is 12.8 Å². The van der Waals surface area contributed by atoms with Crippen molar-refractivity contribution in [3.8, 4) is 5.82 Å². The minimum atomic E-state index is 0.0163. The van der Waals surface area contributed by atoms with E-state index in [1.165, 1.54) is 5.56 Å². The molecule has 3 aromatic rings. The number of halogens is 1. The summed E-state index contributed by atoms with van der Waals surface area (Å²) in [7, 11) is 0. The molecule has 0 saturated carbocycles. The van der Waals surface area contributed by atoms with Crippen LogP contribution in [0.25, 0.3) is 5.82 Å². The van der Waals surface area contributed by atoms with E-state index >= 15 is 0 Å². The van der Waals surface area contributed by atoms with E-state index in [2.05, 4.69) is 31.8 Å². The van der Waals surface area contributed by atoms with Crippen molar-refractivity contribution in [2.24, 2.45) is 5.92 Å². The molecule has 9 heteroatoms. The minimum absolute atomic E-state index is 0.0163. The third-order valence-corrected chi connectivity index (χ3v) is 6.27. The largest absolute Gasteiger partial charge is 0.368 e. The summed E-state index contributed by atoms with van der Waals surface area (Å²) in [5, 5.41) is 4.95. The number of anilines is 2. The van der Waals surface area contributed by atoms with Crippen LogP contribution in [0.1, 0.15) is 5.56 Å². The number of piperazine rings is 1. The first-order chi connectivity index (χ1) is 15.1. The number of hydrogen-bond donors (Lipinski definition) is 0. The fourth-order valence-electron chi connectivity index (χ4n) is 4.21. The number of benzene rings is 1. The standard InChI is InChI=1S/C22H24ClN7O/c1-16-3-4-18(23)11-19(16)27-7-9-28(10-8-27)22(31)17-13-29(14-17)20-12-21(25-15-24-20)30-6-2-5-26-30/h2-6,11-12,15,17H,7-10,13-14H2,1H3. The van der Waals surface area contributed by atoms with Gasteiger partial charge in [-0.15, -0.1) is 0 Å². The maximum absolute atomic E-state index is 13.0. The number of hydrogen-bond acceptors (Lipinski definition) is 6. The average molecular weight is 438 g/mol. The van der Waals surface area contributed by atoms with Crippen LogP contribution in [0.4, 0.5) is 11.5 Å². The normalized spacial score (nSPS) is 17.0. The molecule has 4 heterocycles. The lowest BCUT2D eigenvalue weighted by molar-refractivity contribution is -0.136. The summed E-state index contributed by atoms with van der Waals surface area (Å²) in [6.07, 6.45) is 5.10. The van der Waals surface area contributed by atoms with Crippen LogP contribution in [0.5, 0.6) is 0 Å². The molecule has 0 N–H and O–H groups in total. The fraction of sp³-hybridized carbons (Fsp3) is 0.364. The number of amides is 1. The zero-order valence-corrected chi connectivity index (χ0v) is 18.1. The summed E-state index contributed by atoms with van der Waals surface area (Å²) in [4.78, 5) is 28.0. The molecule has 0 aliphatic carbocycles. The van der Waals surface area contributed by atoms with Crippen molar-refractivity contribution in [1.82, 2.24) is 24.6 Å². The van der Waals surface area contributed by atoms with Gasteiger partial charge in [0.1, 0.15) is 12.1 Å². The van der Waals surface area contributed by atoms with Crippen molar-refractivity contribution in [2.45, 2.75) is 6.92 Å². The highest BCUT2D eigenvalue weighted by Crippen LogP contribution is 2.28. The molecular formula is C22H24ClN7O. The van der Waals surface area contributed by atoms with Gasteiger partial charge in [0.25, 0.3) is 0 Å². The highest BCUT2D eigenvalue weighted by molar-refractivity contribution is 6.30. The topological polar surface area (TPSA) is 70.4 Å². The van der Waals surface area contributed by atoms with Crippen molar-refractivity contribution >= 4 is 29.0 Å². The third-order valence-electron chi connectivity index (χ3n) is 6.04. The first-order valence-corrected chi connectivity index (χ1v) is 10.8. The van der Waals surface area contributed by atoms with Gasteiger partial charge in [0.2, 0.25) is 5.91 Å². The quantitative estimate of drug-likeness (QED) is 0.624. The second kappa shape index (κ2) is 8.19. The summed E-state index contributed by atoms with van der Waals surface area (Å²) in [6.45, 7) is 6.57. The zero-order chi connectivity index (χ0) is 21.4. The molecule has 2 fully saturated rings. The number of aryl methyl sites for hydroxylation is 1. The second-order valence-electron chi connectivity index (χ2n) is 8.03. The van der Waals surface area contributed by atoms with Gasteiger partial charge < -0.3 is 14.7 Å². The second-order valence-corrected chi connectivity index (χ2v) is 8.47. The Labute approximate surface area is 186 Å². The van der Waals surface area contributed by atoms with Gasteiger partial charge in [-0.3, -0.25) is 4.79 Å². The lowest BCUT2D eigenvalue weighted by Gasteiger charge is -2.43. The molecule has 0 spiro atoms. The summed E-state index contributed by atoms with van der Waals surface area (Å²) in [5.41, 5.74) is 2.37. The summed E-state index contributed by atoms with van der Waals surface area (Å²) < 4.78 is 1.70. The average Bonchev–Trinajstić information content (AvgIpc) is 3.30. The molecule has 2 aliphatic heterocycles. The lowest BCUT2D eigenvalue weighted by Crippen LogP contribution is -2.58. The van der Waals surface area contributed by atoms with E-state index in [0.717, 1.165) is 48.5 Å². The van der Waals surface area contributed by atoms with E-state index in [1.54, 1.807) is 17.2 Å². The van der Waals surface area contributed by atoms with Gasteiger partial charge in [-0.2, -0.15) is 5.10 Å². The smallest absolute Gasteiger partial charge is 0.229 e. The summed E-state index contributed by atoms with van der Waals surface area (Å²) in [6, 6.07) is 9.73. The maximum Gasteiger partial charge on any atom is 0.229 e. The Morgan fingerprint density at radius 1 is 1.03 bits per heavy atom. The SMILES string of the molecule is Cc1ccc(Cl)cc1N1CCN(C(=O)C2CN(c3cc(-n4cccn4)ncn3)C2)CC1. The molecule has 0 unspecified atom stereocenters. The van der Waals surface area contributed by atoms with Crippen molar-refractivity contribution < 1.29 is 4.79 Å². The van der Waals surface area contributed by atoms with Gasteiger partial charge in [0.05, 0.1) is 5.92 Å². The Balaban J connectivity index is 1.16.